The summed E-state index contributed by atoms with van der Waals surface area (Å²) in [7, 11) is 0. The summed E-state index contributed by atoms with van der Waals surface area (Å²) in [6.45, 7) is 0.764. The third-order valence-corrected chi connectivity index (χ3v) is 4.44. The molecule has 2 aromatic rings. The number of nitrogen functional groups attached to an aromatic ring is 1. The average Bonchev–Trinajstić information content (AvgIpc) is 2.58. The Hall–Kier alpha value is -2.05. The number of nitrogens with two attached hydrogens (primary N) is 1. The number of halogens is 1. The fourth-order valence-electron chi connectivity index (χ4n) is 2.81. The van der Waals surface area contributed by atoms with E-state index in [1.165, 1.54) is 0 Å². The van der Waals surface area contributed by atoms with Crippen LogP contribution in [-0.2, 0) is 0 Å². The molecule has 1 aliphatic rings. The fraction of sp³-hybridized carbons (Fsp3) is 0.412. The van der Waals surface area contributed by atoms with E-state index in [9.17, 15) is 5.11 Å². The van der Waals surface area contributed by atoms with Crippen molar-refractivity contribution in [3.63, 3.8) is 0 Å². The summed E-state index contributed by atoms with van der Waals surface area (Å²) in [5, 5.41) is 13.5. The zero-order valence-electron chi connectivity index (χ0n) is 13.3. The second kappa shape index (κ2) is 7.68. The van der Waals surface area contributed by atoms with Crippen molar-refractivity contribution in [1.29, 1.82) is 0 Å². The number of aromatic nitrogens is 2. The summed E-state index contributed by atoms with van der Waals surface area (Å²) >= 11 is 5.89. The van der Waals surface area contributed by atoms with Crippen LogP contribution < -0.4 is 15.8 Å². The first-order chi connectivity index (χ1) is 11.6. The molecule has 24 heavy (non-hydrogen) atoms. The molecule has 0 aliphatic heterocycles. The van der Waals surface area contributed by atoms with Crippen LogP contribution in [0.1, 0.15) is 25.7 Å². The Morgan fingerprint density at radius 1 is 1.21 bits per heavy atom. The highest BCUT2D eigenvalue weighted by atomic mass is 35.5. The topological polar surface area (TPSA) is 93.3 Å². The molecule has 0 bridgehead atoms. The molecule has 1 fully saturated rings. The second-order valence-electron chi connectivity index (χ2n) is 6.05. The lowest BCUT2D eigenvalue weighted by atomic mass is 9.87. The van der Waals surface area contributed by atoms with Crippen molar-refractivity contribution in [2.45, 2.75) is 31.8 Å². The quantitative estimate of drug-likeness (QED) is 0.766. The standard InChI is InChI=1S/C17H21ClN4O2/c18-12-3-7-14(8-4-12)24-15-10-21-17(19)22-16(15)20-9-11-1-5-13(23)6-2-11/h3-4,7-8,10-11,13,23H,1-2,5-6,9H2,(H3,19,20,21,22). The Kier molecular flexibility index (Phi) is 5.37. The van der Waals surface area contributed by atoms with Gasteiger partial charge in [-0.05, 0) is 55.9 Å². The number of anilines is 2. The molecule has 3 rings (SSSR count). The van der Waals surface area contributed by atoms with Crippen LogP contribution in [-0.4, -0.2) is 27.7 Å². The van der Waals surface area contributed by atoms with Gasteiger partial charge in [0.15, 0.2) is 11.6 Å². The summed E-state index contributed by atoms with van der Waals surface area (Å²) in [5.74, 6) is 2.44. The average molecular weight is 349 g/mol. The maximum absolute atomic E-state index is 9.59. The fourth-order valence-corrected chi connectivity index (χ4v) is 2.93. The van der Waals surface area contributed by atoms with Gasteiger partial charge in [0, 0.05) is 11.6 Å². The van der Waals surface area contributed by atoms with Crippen LogP contribution in [0.15, 0.2) is 30.5 Å². The van der Waals surface area contributed by atoms with Gasteiger partial charge in [-0.15, -0.1) is 0 Å². The normalized spacial score (nSPS) is 20.6. The van der Waals surface area contributed by atoms with Gasteiger partial charge in [0.1, 0.15) is 5.75 Å². The molecule has 1 aliphatic carbocycles. The van der Waals surface area contributed by atoms with Gasteiger partial charge in [-0.1, -0.05) is 11.6 Å². The second-order valence-corrected chi connectivity index (χ2v) is 6.49. The third-order valence-electron chi connectivity index (χ3n) is 4.19. The third kappa shape index (κ3) is 4.49. The van der Waals surface area contributed by atoms with Gasteiger partial charge < -0.3 is 20.9 Å². The monoisotopic (exact) mass is 348 g/mol. The van der Waals surface area contributed by atoms with Gasteiger partial charge >= 0.3 is 0 Å². The molecule has 1 aromatic carbocycles. The van der Waals surface area contributed by atoms with Gasteiger partial charge in [-0.2, -0.15) is 4.98 Å². The number of rotatable bonds is 5. The summed E-state index contributed by atoms with van der Waals surface area (Å²) in [5.41, 5.74) is 5.70. The molecule has 1 saturated carbocycles. The van der Waals surface area contributed by atoms with Gasteiger partial charge in [0.05, 0.1) is 12.3 Å². The number of nitrogens with one attached hydrogen (secondary N) is 1. The Balaban J connectivity index is 1.67. The van der Waals surface area contributed by atoms with Crippen LogP contribution in [0.2, 0.25) is 5.02 Å². The summed E-state index contributed by atoms with van der Waals surface area (Å²) in [4.78, 5) is 8.24. The van der Waals surface area contributed by atoms with Gasteiger partial charge in [0.25, 0.3) is 0 Å². The minimum Gasteiger partial charge on any atom is -0.452 e. The molecule has 0 atom stereocenters. The van der Waals surface area contributed by atoms with E-state index in [2.05, 4.69) is 15.3 Å². The lowest BCUT2D eigenvalue weighted by molar-refractivity contribution is 0.111. The van der Waals surface area contributed by atoms with Gasteiger partial charge in [-0.3, -0.25) is 0 Å². The number of aliphatic hydroxyl groups is 1. The Morgan fingerprint density at radius 2 is 1.92 bits per heavy atom. The first-order valence-electron chi connectivity index (χ1n) is 8.08. The van der Waals surface area contributed by atoms with Crippen LogP contribution >= 0.6 is 11.6 Å². The SMILES string of the molecule is Nc1ncc(Oc2ccc(Cl)cc2)c(NCC2CCC(O)CC2)n1. The lowest BCUT2D eigenvalue weighted by Gasteiger charge is -2.25. The summed E-state index contributed by atoms with van der Waals surface area (Å²) < 4.78 is 5.83. The van der Waals surface area contributed by atoms with E-state index in [1.807, 2.05) is 0 Å². The molecule has 128 valence electrons. The van der Waals surface area contributed by atoms with Crippen LogP contribution in [0.5, 0.6) is 11.5 Å². The number of nitrogens with zero attached hydrogens (tertiary/aromatic N) is 2. The van der Waals surface area contributed by atoms with E-state index in [-0.39, 0.29) is 12.1 Å². The minimum absolute atomic E-state index is 0.153. The predicted octanol–water partition coefficient (Wildman–Crippen LogP) is 3.47. The highest BCUT2D eigenvalue weighted by molar-refractivity contribution is 6.30. The van der Waals surface area contributed by atoms with Crippen LogP contribution in [0.3, 0.4) is 0 Å². The van der Waals surface area contributed by atoms with Crippen molar-refractivity contribution < 1.29 is 9.84 Å². The highest BCUT2D eigenvalue weighted by Crippen LogP contribution is 2.30. The number of hydrogen-bond acceptors (Lipinski definition) is 6. The van der Waals surface area contributed by atoms with E-state index < -0.39 is 0 Å². The molecule has 0 unspecified atom stereocenters. The van der Waals surface area contributed by atoms with E-state index in [4.69, 9.17) is 22.1 Å². The number of aliphatic hydroxyl groups excluding tert-OH is 1. The van der Waals surface area contributed by atoms with Gasteiger partial charge in [0.2, 0.25) is 5.95 Å². The van der Waals surface area contributed by atoms with Crippen molar-refractivity contribution in [2.75, 3.05) is 17.6 Å². The molecule has 0 spiro atoms. The summed E-state index contributed by atoms with van der Waals surface area (Å²) in [6.07, 6.45) is 5.12. The minimum atomic E-state index is -0.153. The van der Waals surface area contributed by atoms with Crippen LogP contribution in [0.4, 0.5) is 11.8 Å². The molecule has 4 N–H and O–H groups in total. The predicted molar refractivity (Wildman–Crippen MR) is 94.4 cm³/mol. The Labute approximate surface area is 146 Å². The van der Waals surface area contributed by atoms with E-state index in [0.29, 0.717) is 28.3 Å². The molecule has 7 heteroatoms. The molecule has 0 radical (unpaired) electrons. The van der Waals surface area contributed by atoms with E-state index >= 15 is 0 Å². The van der Waals surface area contributed by atoms with Crippen molar-refractivity contribution >= 4 is 23.4 Å². The highest BCUT2D eigenvalue weighted by Gasteiger charge is 2.20. The van der Waals surface area contributed by atoms with E-state index in [0.717, 1.165) is 32.2 Å². The van der Waals surface area contributed by atoms with Crippen LogP contribution in [0, 0.1) is 5.92 Å². The number of ether oxygens (including phenoxy) is 1. The molecule has 6 nitrogen and oxygen atoms in total. The van der Waals surface area contributed by atoms with E-state index in [1.54, 1.807) is 30.5 Å². The van der Waals surface area contributed by atoms with Crippen molar-refractivity contribution in [1.82, 2.24) is 9.97 Å². The van der Waals surface area contributed by atoms with Crippen molar-refractivity contribution in [3.8, 4) is 11.5 Å². The maximum Gasteiger partial charge on any atom is 0.222 e. The smallest absolute Gasteiger partial charge is 0.222 e. The first-order valence-corrected chi connectivity index (χ1v) is 8.46. The first kappa shape index (κ1) is 16.8. The maximum atomic E-state index is 9.59. The zero-order chi connectivity index (χ0) is 16.9. The van der Waals surface area contributed by atoms with Gasteiger partial charge in [-0.25, -0.2) is 4.98 Å². The Morgan fingerprint density at radius 3 is 2.62 bits per heavy atom. The molecular formula is C17H21ClN4O2. The van der Waals surface area contributed by atoms with Crippen molar-refractivity contribution in [3.05, 3.63) is 35.5 Å². The number of benzene rings is 1. The molecule has 0 saturated heterocycles. The molecule has 0 amide bonds. The van der Waals surface area contributed by atoms with Crippen molar-refractivity contribution in [2.24, 2.45) is 5.92 Å². The number of hydrogen-bond donors (Lipinski definition) is 3. The lowest BCUT2D eigenvalue weighted by Crippen LogP contribution is -2.24. The molecule has 1 heterocycles. The Bertz CT molecular complexity index is 673. The van der Waals surface area contributed by atoms with Crippen LogP contribution in [0.25, 0.3) is 0 Å². The zero-order valence-corrected chi connectivity index (χ0v) is 14.0. The molecule has 1 aromatic heterocycles. The summed E-state index contributed by atoms with van der Waals surface area (Å²) in [6, 6.07) is 7.08. The molecular weight excluding hydrogens is 328 g/mol. The largest absolute Gasteiger partial charge is 0.452 e.